The van der Waals surface area contributed by atoms with Crippen molar-refractivity contribution in [3.05, 3.63) is 0 Å². The maximum Gasteiger partial charge on any atom is 1.00 e. The molecule has 0 aromatic carbocycles. The maximum absolute atomic E-state index is 8.46. The Kier molecular flexibility index (Phi) is 20.7. The number of hydrogen-bond donors (Lipinski definition) is 0. The minimum atomic E-state index is -1.75. The van der Waals surface area contributed by atoms with E-state index in [2.05, 4.69) is 0 Å². The molecule has 16 valence electrons. The fourth-order valence-corrected chi connectivity index (χ4v) is 0. The first-order chi connectivity index (χ1) is 1.41. The van der Waals surface area contributed by atoms with Crippen molar-refractivity contribution in [2.75, 3.05) is 0 Å². The summed E-state index contributed by atoms with van der Waals surface area (Å²) in [6.07, 6.45) is 0. The first kappa shape index (κ1) is 9.34. The zero-order valence-corrected chi connectivity index (χ0v) is 8.46. The summed E-state index contributed by atoms with van der Waals surface area (Å²) in [6.45, 7) is 0. The molecule has 0 aliphatic rings. The summed E-state index contributed by atoms with van der Waals surface area (Å²) in [5.74, 6) is 0. The van der Waals surface area contributed by atoms with Crippen LogP contribution in [0.25, 0.3) is 0 Å². The molecule has 2 nitrogen and oxygen atoms in total. The third-order valence-corrected chi connectivity index (χ3v) is 0. The molecule has 0 aliphatic heterocycles. The Morgan fingerprint density at radius 2 is 1.75 bits per heavy atom. The predicted molar refractivity (Wildman–Crippen MR) is 6.44 cm³/mol. The van der Waals surface area contributed by atoms with Gasteiger partial charge in [-0.25, -0.2) is 0 Å². The first-order valence-corrected chi connectivity index (χ1v) is 1.41. The second-order valence-corrected chi connectivity index (χ2v) is 0.289. The molecule has 0 rings (SSSR count). The van der Waals surface area contributed by atoms with E-state index in [0.29, 0.717) is 0 Å². The Morgan fingerprint density at radius 3 is 1.75 bits per heavy atom. The van der Waals surface area contributed by atoms with Gasteiger partial charge in [-0.1, -0.05) is 0 Å². The molecule has 4 heteroatoms. The SMILES string of the molecule is [O]=[Al][O-].[Rb+]. The fraction of sp³-hybridized carbons (Fsp3) is 0. The molecule has 0 aromatic rings. The van der Waals surface area contributed by atoms with Crippen LogP contribution in [0.15, 0.2) is 0 Å². The van der Waals surface area contributed by atoms with Crippen molar-refractivity contribution in [2.24, 2.45) is 0 Å². The van der Waals surface area contributed by atoms with Gasteiger partial charge in [0.15, 0.2) is 0 Å². The normalized spacial score (nSPS) is 2.00. The van der Waals surface area contributed by atoms with Crippen LogP contribution in [0, 0.1) is 0 Å². The third kappa shape index (κ3) is 9.05. The van der Waals surface area contributed by atoms with Crippen LogP contribution in [-0.2, 0) is 3.80 Å². The van der Waals surface area contributed by atoms with Crippen molar-refractivity contribution in [3.63, 3.8) is 0 Å². The summed E-state index contributed by atoms with van der Waals surface area (Å²) in [5, 5.41) is 0. The van der Waals surface area contributed by atoms with Crippen LogP contribution in [0.1, 0.15) is 0 Å². The summed E-state index contributed by atoms with van der Waals surface area (Å²) in [5.41, 5.74) is 0. The van der Waals surface area contributed by atoms with E-state index in [1.165, 1.54) is 0 Å². The first-order valence-electron chi connectivity index (χ1n) is 0.471. The molecule has 0 aromatic heterocycles. The second-order valence-electron chi connectivity index (χ2n) is 0.0962. The fourth-order valence-electron chi connectivity index (χ4n) is 0. The molecule has 0 atom stereocenters. The van der Waals surface area contributed by atoms with E-state index >= 15 is 0 Å². The minimum absolute atomic E-state index is 0. The van der Waals surface area contributed by atoms with Crippen molar-refractivity contribution in [3.8, 4) is 0 Å². The predicted octanol–water partition coefficient (Wildman–Crippen LogP) is -4.68. The van der Waals surface area contributed by atoms with Gasteiger partial charge in [0, 0.05) is 0 Å². The zero-order chi connectivity index (χ0) is 2.71. The van der Waals surface area contributed by atoms with E-state index in [0.717, 1.165) is 0 Å². The van der Waals surface area contributed by atoms with Crippen molar-refractivity contribution in [1.29, 1.82) is 0 Å². The number of hydrogen-bond acceptors (Lipinski definition) is 2. The Hall–Kier alpha value is 1.94. The quantitative estimate of drug-likeness (QED) is 0.321. The van der Waals surface area contributed by atoms with Gasteiger partial charge in [0.1, 0.15) is 0 Å². The Bertz CT molecular complexity index is 13.5. The van der Waals surface area contributed by atoms with Crippen LogP contribution in [0.3, 0.4) is 0 Å². The van der Waals surface area contributed by atoms with Crippen LogP contribution < -0.4 is 62.3 Å². The minimum Gasteiger partial charge on any atom is 1.00 e. The smallest absolute Gasteiger partial charge is 1.00 e. The van der Waals surface area contributed by atoms with E-state index in [1.54, 1.807) is 0 Å². The standard InChI is InChI=1S/Al.2O.Rb/q;;-1;+1. The Morgan fingerprint density at radius 1 is 1.75 bits per heavy atom. The monoisotopic (exact) mass is 144 g/mol. The molecule has 0 radical (unpaired) electrons. The van der Waals surface area contributed by atoms with Gasteiger partial charge in [-0.05, 0) is 0 Å². The van der Waals surface area contributed by atoms with Gasteiger partial charge in [-0.3, -0.25) is 0 Å². The summed E-state index contributed by atoms with van der Waals surface area (Å²) in [6, 6.07) is 0. The van der Waals surface area contributed by atoms with Gasteiger partial charge < -0.3 is 0 Å². The topological polar surface area (TPSA) is 40.1 Å². The summed E-state index contributed by atoms with van der Waals surface area (Å²) in [4.78, 5) is 0. The molecule has 0 spiro atoms. The van der Waals surface area contributed by atoms with E-state index < -0.39 is 15.5 Å². The van der Waals surface area contributed by atoms with Gasteiger partial charge in [0.25, 0.3) is 0 Å². The molecule has 0 heterocycles. The maximum atomic E-state index is 8.46. The van der Waals surface area contributed by atoms with Crippen molar-refractivity contribution < 1.29 is 66.1 Å². The van der Waals surface area contributed by atoms with Crippen LogP contribution in [0.5, 0.6) is 0 Å². The Balaban J connectivity index is 0. The van der Waals surface area contributed by atoms with Crippen molar-refractivity contribution in [1.82, 2.24) is 0 Å². The third-order valence-electron chi connectivity index (χ3n) is 0. The van der Waals surface area contributed by atoms with Gasteiger partial charge in [-0.15, -0.1) is 0 Å². The number of rotatable bonds is 0. The van der Waals surface area contributed by atoms with Gasteiger partial charge in [-0.2, -0.15) is 0 Å². The van der Waals surface area contributed by atoms with E-state index in [9.17, 15) is 0 Å². The second kappa shape index (κ2) is 8.87. The van der Waals surface area contributed by atoms with E-state index in [-0.39, 0.29) is 58.2 Å². The van der Waals surface area contributed by atoms with Crippen molar-refractivity contribution in [2.45, 2.75) is 0 Å². The van der Waals surface area contributed by atoms with Gasteiger partial charge in [0.2, 0.25) is 0 Å². The molecule has 0 bridgehead atoms. The average Bonchev–Trinajstić information content (AvgIpc) is 0.918. The summed E-state index contributed by atoms with van der Waals surface area (Å²) < 4.78 is 16.9. The molecule has 0 amide bonds. The van der Waals surface area contributed by atoms with Crippen LogP contribution in [-0.4, -0.2) is 15.5 Å². The molecule has 0 fully saturated rings. The molecular weight excluding hydrogens is 144 g/mol. The largest absolute Gasteiger partial charge is 1.00 e. The molecule has 4 heavy (non-hydrogen) atoms. The van der Waals surface area contributed by atoms with Crippen LogP contribution in [0.4, 0.5) is 0 Å². The van der Waals surface area contributed by atoms with E-state index in [1.807, 2.05) is 0 Å². The Labute approximate surface area is 79.6 Å². The van der Waals surface area contributed by atoms with Gasteiger partial charge >= 0.3 is 81.6 Å². The van der Waals surface area contributed by atoms with Crippen molar-refractivity contribution >= 4 is 15.5 Å². The molecular formula is AlO2Rb. The zero-order valence-electron chi connectivity index (χ0n) is 2.39. The van der Waals surface area contributed by atoms with Crippen LogP contribution >= 0.6 is 0 Å². The molecule has 0 saturated heterocycles. The molecule has 0 aliphatic carbocycles. The molecule has 0 saturated carbocycles. The average molecular weight is 144 g/mol. The summed E-state index contributed by atoms with van der Waals surface area (Å²) >= 11 is -1.75. The molecule has 0 N–H and O–H groups in total. The van der Waals surface area contributed by atoms with Gasteiger partial charge in [0.05, 0.1) is 0 Å². The van der Waals surface area contributed by atoms with Crippen LogP contribution in [0.2, 0.25) is 0 Å². The summed E-state index contributed by atoms with van der Waals surface area (Å²) in [7, 11) is 0. The van der Waals surface area contributed by atoms with E-state index in [4.69, 9.17) is 7.96 Å². The molecule has 0 unspecified atom stereocenters.